The van der Waals surface area contributed by atoms with Crippen molar-refractivity contribution in [1.82, 2.24) is 14.7 Å². The average Bonchev–Trinajstić information content (AvgIpc) is 3.24. The summed E-state index contributed by atoms with van der Waals surface area (Å²) in [5.41, 5.74) is 0. The molecule has 4 rings (SSSR count). The van der Waals surface area contributed by atoms with Crippen LogP contribution in [0.1, 0.15) is 30.6 Å². The standard InChI is InChI=1S/C18H29N3S/c1-19-16(13-20-7-2-3-8-20)11-15-12-21(9-6-18(15)19)14-17-5-4-10-22-17/h4-5,10,15-16,18H,2-3,6-9,11-14H2,1H3/t15-,16+,18+/m1/s1. The molecule has 3 aliphatic rings. The van der Waals surface area contributed by atoms with Crippen LogP contribution in [0, 0.1) is 5.92 Å². The highest BCUT2D eigenvalue weighted by atomic mass is 32.1. The predicted octanol–water partition coefficient (Wildman–Crippen LogP) is 2.74. The average molecular weight is 320 g/mol. The van der Waals surface area contributed by atoms with E-state index in [2.05, 4.69) is 39.3 Å². The van der Waals surface area contributed by atoms with Gasteiger partial charge >= 0.3 is 0 Å². The van der Waals surface area contributed by atoms with Gasteiger partial charge in [0.2, 0.25) is 0 Å². The summed E-state index contributed by atoms with van der Waals surface area (Å²) in [7, 11) is 2.39. The molecule has 3 fully saturated rings. The van der Waals surface area contributed by atoms with Gasteiger partial charge in [0.15, 0.2) is 0 Å². The molecule has 3 nitrogen and oxygen atoms in total. The summed E-state index contributed by atoms with van der Waals surface area (Å²) in [5, 5.41) is 2.21. The van der Waals surface area contributed by atoms with Crippen molar-refractivity contribution >= 4 is 11.3 Å². The largest absolute Gasteiger partial charge is 0.302 e. The molecule has 3 saturated heterocycles. The number of hydrogen-bond acceptors (Lipinski definition) is 4. The Labute approximate surface area is 138 Å². The maximum atomic E-state index is 2.73. The molecule has 3 aliphatic heterocycles. The number of piperidine rings is 1. The van der Waals surface area contributed by atoms with Gasteiger partial charge < -0.3 is 4.90 Å². The number of likely N-dealkylation sites (tertiary alicyclic amines) is 3. The first-order chi connectivity index (χ1) is 10.8. The van der Waals surface area contributed by atoms with Crippen LogP contribution in [-0.2, 0) is 6.54 Å². The Balaban J connectivity index is 1.34. The van der Waals surface area contributed by atoms with Crippen LogP contribution in [0.15, 0.2) is 17.5 Å². The Morgan fingerprint density at radius 3 is 2.82 bits per heavy atom. The van der Waals surface area contributed by atoms with E-state index in [1.807, 2.05) is 11.3 Å². The highest BCUT2D eigenvalue weighted by Gasteiger charge is 2.42. The Morgan fingerprint density at radius 1 is 1.18 bits per heavy atom. The summed E-state index contributed by atoms with van der Waals surface area (Å²) in [5.74, 6) is 0.895. The summed E-state index contributed by atoms with van der Waals surface area (Å²) in [4.78, 5) is 9.64. The van der Waals surface area contributed by atoms with Crippen molar-refractivity contribution in [1.29, 1.82) is 0 Å². The maximum Gasteiger partial charge on any atom is 0.0328 e. The van der Waals surface area contributed by atoms with E-state index >= 15 is 0 Å². The number of rotatable bonds is 4. The van der Waals surface area contributed by atoms with Gasteiger partial charge in [-0.25, -0.2) is 0 Å². The Kier molecular flexibility index (Phi) is 4.54. The topological polar surface area (TPSA) is 9.72 Å². The summed E-state index contributed by atoms with van der Waals surface area (Å²) < 4.78 is 0. The van der Waals surface area contributed by atoms with Crippen molar-refractivity contribution in [3.05, 3.63) is 22.4 Å². The number of thiophene rings is 1. The molecule has 0 amide bonds. The van der Waals surface area contributed by atoms with Gasteiger partial charge in [-0.1, -0.05) is 6.07 Å². The molecule has 1 aromatic rings. The Bertz CT molecular complexity index is 469. The zero-order chi connectivity index (χ0) is 14.9. The molecule has 0 bridgehead atoms. The van der Waals surface area contributed by atoms with Gasteiger partial charge in [0.1, 0.15) is 0 Å². The van der Waals surface area contributed by atoms with Gasteiger partial charge in [0.25, 0.3) is 0 Å². The van der Waals surface area contributed by atoms with E-state index in [1.165, 1.54) is 69.8 Å². The highest BCUT2D eigenvalue weighted by molar-refractivity contribution is 7.09. The second-order valence-corrected chi connectivity index (χ2v) is 8.53. The van der Waals surface area contributed by atoms with E-state index < -0.39 is 0 Å². The van der Waals surface area contributed by atoms with Gasteiger partial charge in [-0.3, -0.25) is 9.80 Å². The Morgan fingerprint density at radius 2 is 2.05 bits per heavy atom. The van der Waals surface area contributed by atoms with Crippen molar-refractivity contribution in [3.8, 4) is 0 Å². The third kappa shape index (κ3) is 3.12. The molecule has 0 saturated carbocycles. The monoisotopic (exact) mass is 319 g/mol. The van der Waals surface area contributed by atoms with Gasteiger partial charge in [0.05, 0.1) is 0 Å². The van der Waals surface area contributed by atoms with Crippen LogP contribution < -0.4 is 0 Å². The van der Waals surface area contributed by atoms with Gasteiger partial charge in [0, 0.05) is 43.1 Å². The van der Waals surface area contributed by atoms with Gasteiger partial charge in [-0.2, -0.15) is 0 Å². The summed E-state index contributed by atoms with van der Waals surface area (Å²) >= 11 is 1.91. The molecule has 4 heteroatoms. The first kappa shape index (κ1) is 15.1. The normalized spacial score (nSPS) is 34.3. The number of hydrogen-bond donors (Lipinski definition) is 0. The molecule has 0 aromatic carbocycles. The van der Waals surface area contributed by atoms with E-state index in [0.717, 1.165) is 18.0 Å². The van der Waals surface area contributed by atoms with Crippen LogP contribution in [0.2, 0.25) is 0 Å². The zero-order valence-electron chi connectivity index (χ0n) is 13.8. The molecular formula is C18H29N3S. The quantitative estimate of drug-likeness (QED) is 0.845. The molecular weight excluding hydrogens is 290 g/mol. The van der Waals surface area contributed by atoms with E-state index in [1.54, 1.807) is 0 Å². The fourth-order valence-electron chi connectivity index (χ4n) is 4.88. The lowest BCUT2D eigenvalue weighted by Gasteiger charge is -2.37. The van der Waals surface area contributed by atoms with E-state index in [9.17, 15) is 0 Å². The molecule has 0 spiro atoms. The summed E-state index contributed by atoms with van der Waals surface area (Å²) in [6.07, 6.45) is 5.61. The highest BCUT2D eigenvalue weighted by Crippen LogP contribution is 2.35. The minimum atomic E-state index is 0.801. The summed E-state index contributed by atoms with van der Waals surface area (Å²) in [6, 6.07) is 6.11. The lowest BCUT2D eigenvalue weighted by Crippen LogP contribution is -2.46. The van der Waals surface area contributed by atoms with E-state index in [4.69, 9.17) is 0 Å². The zero-order valence-corrected chi connectivity index (χ0v) is 14.6. The minimum Gasteiger partial charge on any atom is -0.302 e. The van der Waals surface area contributed by atoms with Gasteiger partial charge in [-0.05, 0) is 63.2 Å². The first-order valence-corrected chi connectivity index (χ1v) is 9.86. The lowest BCUT2D eigenvalue weighted by atomic mass is 9.92. The smallest absolute Gasteiger partial charge is 0.0328 e. The molecule has 0 unspecified atom stereocenters. The molecule has 0 aliphatic carbocycles. The van der Waals surface area contributed by atoms with E-state index in [-0.39, 0.29) is 0 Å². The molecule has 0 radical (unpaired) electrons. The van der Waals surface area contributed by atoms with Crippen molar-refractivity contribution in [2.75, 3.05) is 39.8 Å². The lowest BCUT2D eigenvalue weighted by molar-refractivity contribution is 0.107. The van der Waals surface area contributed by atoms with Gasteiger partial charge in [-0.15, -0.1) is 11.3 Å². The van der Waals surface area contributed by atoms with Crippen LogP contribution in [0.4, 0.5) is 0 Å². The van der Waals surface area contributed by atoms with Crippen LogP contribution in [0.5, 0.6) is 0 Å². The number of likely N-dealkylation sites (N-methyl/N-ethyl adjacent to an activating group) is 1. The third-order valence-corrected chi connectivity index (χ3v) is 6.94. The molecule has 0 N–H and O–H groups in total. The molecule has 22 heavy (non-hydrogen) atoms. The van der Waals surface area contributed by atoms with Crippen LogP contribution in [0.25, 0.3) is 0 Å². The second-order valence-electron chi connectivity index (χ2n) is 7.49. The fraction of sp³-hybridized carbons (Fsp3) is 0.778. The van der Waals surface area contributed by atoms with E-state index in [0.29, 0.717) is 0 Å². The van der Waals surface area contributed by atoms with Crippen LogP contribution >= 0.6 is 11.3 Å². The minimum absolute atomic E-state index is 0.801. The predicted molar refractivity (Wildman–Crippen MR) is 93.3 cm³/mol. The summed E-state index contributed by atoms with van der Waals surface area (Å²) in [6.45, 7) is 7.74. The number of fused-ring (bicyclic) bond motifs is 1. The SMILES string of the molecule is CN1[C@H](CN2CCCC2)C[C@@H]2CN(Cc3cccs3)CC[C@@H]21. The molecule has 3 atom stereocenters. The van der Waals surface area contributed by atoms with Crippen LogP contribution in [-0.4, -0.2) is 66.6 Å². The fourth-order valence-corrected chi connectivity index (χ4v) is 5.63. The first-order valence-electron chi connectivity index (χ1n) is 8.98. The van der Waals surface area contributed by atoms with Crippen molar-refractivity contribution in [3.63, 3.8) is 0 Å². The molecule has 122 valence electrons. The van der Waals surface area contributed by atoms with Crippen molar-refractivity contribution in [2.24, 2.45) is 5.92 Å². The third-order valence-electron chi connectivity index (χ3n) is 6.08. The van der Waals surface area contributed by atoms with Crippen LogP contribution in [0.3, 0.4) is 0 Å². The maximum absolute atomic E-state index is 2.73. The second kappa shape index (κ2) is 6.60. The van der Waals surface area contributed by atoms with Crippen molar-refractivity contribution in [2.45, 2.75) is 44.3 Å². The Hall–Kier alpha value is -0.420. The van der Waals surface area contributed by atoms with Crippen molar-refractivity contribution < 1.29 is 0 Å². The molecule has 4 heterocycles. The number of nitrogens with zero attached hydrogens (tertiary/aromatic N) is 3. The molecule has 1 aromatic heterocycles.